The number of aryl methyl sites for hydroxylation is 1. The fourth-order valence-electron chi connectivity index (χ4n) is 3.72. The molecule has 33 heavy (non-hydrogen) atoms. The maximum absolute atomic E-state index is 13.0. The van der Waals surface area contributed by atoms with Gasteiger partial charge in [-0.25, -0.2) is 13.4 Å². The molecule has 6 nitrogen and oxygen atoms in total. The predicted molar refractivity (Wildman–Crippen MR) is 120 cm³/mol. The number of hydrogen-bond donors (Lipinski definition) is 0. The molecule has 1 aromatic heterocycles. The number of benzene rings is 2. The van der Waals surface area contributed by atoms with E-state index in [1.807, 2.05) is 6.92 Å². The third-order valence-electron chi connectivity index (χ3n) is 5.36. The van der Waals surface area contributed by atoms with Gasteiger partial charge in [-0.15, -0.1) is 0 Å². The highest BCUT2D eigenvalue weighted by atomic mass is 35.5. The summed E-state index contributed by atoms with van der Waals surface area (Å²) in [5.41, 5.74) is 0.601. The van der Waals surface area contributed by atoms with Crippen molar-refractivity contribution in [1.82, 2.24) is 13.9 Å². The van der Waals surface area contributed by atoms with E-state index in [0.29, 0.717) is 36.6 Å². The van der Waals surface area contributed by atoms with Crippen LogP contribution in [0.5, 0.6) is 0 Å². The molecule has 0 unspecified atom stereocenters. The van der Waals surface area contributed by atoms with Crippen molar-refractivity contribution in [3.05, 3.63) is 59.4 Å². The van der Waals surface area contributed by atoms with Gasteiger partial charge in [-0.1, -0.05) is 23.7 Å². The highest BCUT2D eigenvalue weighted by Crippen LogP contribution is 2.32. The summed E-state index contributed by atoms with van der Waals surface area (Å²) in [6, 6.07) is 9.50. The van der Waals surface area contributed by atoms with Gasteiger partial charge in [0, 0.05) is 19.6 Å². The Kier molecular flexibility index (Phi) is 6.54. The van der Waals surface area contributed by atoms with Gasteiger partial charge in [-0.2, -0.15) is 17.5 Å². The van der Waals surface area contributed by atoms with E-state index in [0.717, 1.165) is 12.1 Å². The predicted octanol–water partition coefficient (Wildman–Crippen LogP) is 4.83. The lowest BCUT2D eigenvalue weighted by Crippen LogP contribution is -2.40. The zero-order chi connectivity index (χ0) is 23.8. The molecule has 11 heteroatoms. The number of sulfonamides is 1. The number of ether oxygens (including phenoxy) is 1. The molecule has 0 atom stereocenters. The molecule has 0 aliphatic carbocycles. The summed E-state index contributed by atoms with van der Waals surface area (Å²) in [7, 11) is -3.70. The first kappa shape index (κ1) is 23.7. The van der Waals surface area contributed by atoms with Crippen LogP contribution in [0.4, 0.5) is 13.2 Å². The van der Waals surface area contributed by atoms with Crippen molar-refractivity contribution < 1.29 is 26.3 Å². The minimum absolute atomic E-state index is 0.113. The summed E-state index contributed by atoms with van der Waals surface area (Å²) in [6.07, 6.45) is -3.05. The number of morpholine rings is 1. The van der Waals surface area contributed by atoms with Crippen molar-refractivity contribution in [1.29, 1.82) is 0 Å². The number of halogens is 4. The van der Waals surface area contributed by atoms with Crippen molar-refractivity contribution in [3.8, 4) is 0 Å². The third kappa shape index (κ3) is 4.79. The average Bonchev–Trinajstić information content (AvgIpc) is 3.17. The van der Waals surface area contributed by atoms with Gasteiger partial charge in [0.15, 0.2) is 5.82 Å². The summed E-state index contributed by atoms with van der Waals surface area (Å²) in [5.74, 6) is 0.340. The number of imidazole rings is 1. The zero-order valence-corrected chi connectivity index (χ0v) is 19.2. The van der Waals surface area contributed by atoms with Crippen LogP contribution in [0.25, 0.3) is 22.1 Å². The van der Waals surface area contributed by atoms with Gasteiger partial charge < -0.3 is 9.30 Å². The summed E-state index contributed by atoms with van der Waals surface area (Å²) < 4.78 is 73.4. The van der Waals surface area contributed by atoms with Crippen molar-refractivity contribution in [2.24, 2.45) is 0 Å². The fraction of sp³-hybridized carbons (Fsp3) is 0.318. The highest BCUT2D eigenvalue weighted by molar-refractivity contribution is 7.89. The largest absolute Gasteiger partial charge is 0.416 e. The molecule has 0 amide bonds. The topological polar surface area (TPSA) is 64.4 Å². The standard InChI is InChI=1S/C22H21ClF3N3O3S/c1-2-29-20-7-6-17(33(30,31)28-8-10-32-11-9-28)14-19(20)27-21(29)18(23)13-15-4-3-5-16(12-15)22(24,25)26/h3-7,12-14H,2,8-11H2,1H3/b18-13-. The van der Waals surface area contributed by atoms with Crippen molar-refractivity contribution in [3.63, 3.8) is 0 Å². The molecule has 0 spiro atoms. The smallest absolute Gasteiger partial charge is 0.379 e. The summed E-state index contributed by atoms with van der Waals surface area (Å²) >= 11 is 6.47. The second-order valence-electron chi connectivity index (χ2n) is 7.46. The molecule has 1 saturated heterocycles. The zero-order valence-electron chi connectivity index (χ0n) is 17.6. The molecule has 0 radical (unpaired) electrons. The molecular formula is C22H21ClF3N3O3S. The fourth-order valence-corrected chi connectivity index (χ4v) is 5.42. The van der Waals surface area contributed by atoms with Crippen molar-refractivity contribution in [2.75, 3.05) is 26.3 Å². The van der Waals surface area contributed by atoms with E-state index >= 15 is 0 Å². The number of rotatable bonds is 5. The van der Waals surface area contributed by atoms with Crippen LogP contribution in [0.1, 0.15) is 23.9 Å². The number of nitrogens with zero attached hydrogens (tertiary/aromatic N) is 3. The molecule has 3 aromatic rings. The summed E-state index contributed by atoms with van der Waals surface area (Å²) in [4.78, 5) is 4.62. The second-order valence-corrected chi connectivity index (χ2v) is 9.81. The lowest BCUT2D eigenvalue weighted by molar-refractivity contribution is -0.137. The Bertz CT molecular complexity index is 1310. The molecule has 176 valence electrons. The van der Waals surface area contributed by atoms with Crippen LogP contribution in [0.2, 0.25) is 0 Å². The first-order valence-corrected chi connectivity index (χ1v) is 12.1. The van der Waals surface area contributed by atoms with Crippen LogP contribution in [0.15, 0.2) is 47.4 Å². The van der Waals surface area contributed by atoms with Crippen LogP contribution in [-0.2, 0) is 27.5 Å². The van der Waals surface area contributed by atoms with Gasteiger partial charge in [0.05, 0.1) is 39.7 Å². The molecule has 4 rings (SSSR count). The highest BCUT2D eigenvalue weighted by Gasteiger charge is 2.30. The van der Waals surface area contributed by atoms with E-state index in [9.17, 15) is 21.6 Å². The molecule has 1 fully saturated rings. The Morgan fingerprint density at radius 1 is 1.18 bits per heavy atom. The van der Waals surface area contributed by atoms with E-state index in [1.165, 1.54) is 34.6 Å². The average molecular weight is 500 g/mol. The van der Waals surface area contributed by atoms with Gasteiger partial charge >= 0.3 is 6.18 Å². The van der Waals surface area contributed by atoms with Gasteiger partial charge in [0.2, 0.25) is 10.0 Å². The van der Waals surface area contributed by atoms with E-state index in [1.54, 1.807) is 10.6 Å². The molecule has 0 bridgehead atoms. The van der Waals surface area contributed by atoms with Gasteiger partial charge in [-0.3, -0.25) is 0 Å². The van der Waals surface area contributed by atoms with Crippen LogP contribution < -0.4 is 0 Å². The molecule has 2 aromatic carbocycles. The van der Waals surface area contributed by atoms with Gasteiger partial charge in [-0.05, 0) is 48.9 Å². The van der Waals surface area contributed by atoms with E-state index in [4.69, 9.17) is 16.3 Å². The molecule has 1 aliphatic rings. The van der Waals surface area contributed by atoms with Crippen LogP contribution in [0, 0.1) is 0 Å². The third-order valence-corrected chi connectivity index (χ3v) is 7.54. The number of alkyl halides is 3. The van der Waals surface area contributed by atoms with E-state index < -0.39 is 21.8 Å². The molecule has 0 N–H and O–H groups in total. The second kappa shape index (κ2) is 9.09. The maximum Gasteiger partial charge on any atom is 0.416 e. The van der Waals surface area contributed by atoms with Crippen LogP contribution in [0.3, 0.4) is 0 Å². The number of aromatic nitrogens is 2. The Hall–Kier alpha value is -2.40. The quantitative estimate of drug-likeness (QED) is 0.504. The minimum atomic E-state index is -4.46. The Balaban J connectivity index is 1.73. The minimum Gasteiger partial charge on any atom is -0.379 e. The normalized spacial score (nSPS) is 16.5. The number of hydrogen-bond acceptors (Lipinski definition) is 4. The number of fused-ring (bicyclic) bond motifs is 1. The Morgan fingerprint density at radius 3 is 2.58 bits per heavy atom. The lowest BCUT2D eigenvalue weighted by Gasteiger charge is -2.26. The lowest BCUT2D eigenvalue weighted by atomic mass is 10.1. The summed E-state index contributed by atoms with van der Waals surface area (Å²) in [5, 5.41) is 0.143. The van der Waals surface area contributed by atoms with Crippen molar-refractivity contribution >= 4 is 43.8 Å². The van der Waals surface area contributed by atoms with E-state index in [2.05, 4.69) is 4.98 Å². The van der Waals surface area contributed by atoms with Gasteiger partial charge in [0.25, 0.3) is 0 Å². The van der Waals surface area contributed by atoms with Crippen LogP contribution >= 0.6 is 11.6 Å². The first-order chi connectivity index (χ1) is 15.6. The van der Waals surface area contributed by atoms with Crippen LogP contribution in [-0.4, -0.2) is 48.6 Å². The summed E-state index contributed by atoms with van der Waals surface area (Å²) in [6.45, 7) is 3.59. The van der Waals surface area contributed by atoms with Crippen molar-refractivity contribution in [2.45, 2.75) is 24.5 Å². The SMILES string of the molecule is CCn1c(/C(Cl)=C/c2cccc(C(F)(F)F)c2)nc2cc(S(=O)(=O)N3CCOCC3)ccc21. The molecule has 1 aliphatic heterocycles. The Morgan fingerprint density at radius 2 is 1.91 bits per heavy atom. The van der Waals surface area contributed by atoms with E-state index in [-0.39, 0.29) is 28.6 Å². The molecule has 2 heterocycles. The molecule has 0 saturated carbocycles. The maximum atomic E-state index is 13.0. The Labute approximate surface area is 194 Å². The first-order valence-electron chi connectivity index (χ1n) is 10.2. The van der Waals surface area contributed by atoms with Gasteiger partial charge in [0.1, 0.15) is 0 Å². The monoisotopic (exact) mass is 499 g/mol. The molecular weight excluding hydrogens is 479 g/mol.